The van der Waals surface area contributed by atoms with E-state index in [1.165, 1.54) is 18.4 Å². The van der Waals surface area contributed by atoms with Gasteiger partial charge >= 0.3 is 0 Å². The van der Waals surface area contributed by atoms with Gasteiger partial charge in [-0.25, -0.2) is 0 Å². The molecule has 2 aromatic rings. The van der Waals surface area contributed by atoms with E-state index in [0.717, 1.165) is 22.1 Å². The van der Waals surface area contributed by atoms with Gasteiger partial charge in [0.05, 0.1) is 5.52 Å². The molecule has 1 fully saturated rings. The number of H-pyrrole nitrogens is 1. The van der Waals surface area contributed by atoms with Gasteiger partial charge in [0, 0.05) is 17.3 Å². The lowest BCUT2D eigenvalue weighted by Crippen LogP contribution is -2.19. The zero-order valence-corrected chi connectivity index (χ0v) is 9.84. The summed E-state index contributed by atoms with van der Waals surface area (Å²) in [6.07, 6.45) is 2.43. The molecule has 0 unspecified atom stereocenters. The fourth-order valence-electron chi connectivity index (χ4n) is 2.07. The minimum Gasteiger partial charge on any atom is -0.330 e. The fraction of sp³-hybridized carbons (Fsp3) is 0.364. The molecule has 3 N–H and O–H groups in total. The predicted octanol–water partition coefficient (Wildman–Crippen LogP) is 2.32. The quantitative estimate of drug-likeness (QED) is 0.876. The number of nitrogens with one attached hydrogen (secondary N) is 1. The molecule has 0 atom stereocenters. The molecule has 0 spiro atoms. The first-order valence-corrected chi connectivity index (χ1v) is 5.89. The van der Waals surface area contributed by atoms with E-state index in [0.29, 0.717) is 0 Å². The number of halogens is 1. The highest BCUT2D eigenvalue weighted by molar-refractivity contribution is 9.10. The number of nitrogens with zero attached hydrogens (tertiary/aromatic N) is 1. The van der Waals surface area contributed by atoms with E-state index in [4.69, 9.17) is 5.73 Å². The Hall–Kier alpha value is -0.870. The van der Waals surface area contributed by atoms with E-state index in [9.17, 15) is 0 Å². The highest BCUT2D eigenvalue weighted by atomic mass is 79.9. The van der Waals surface area contributed by atoms with Crippen LogP contribution in [0.2, 0.25) is 0 Å². The SMILES string of the molecule is NCC1(c2ccc3n[nH]c(Br)c3c2)CC1. The van der Waals surface area contributed by atoms with E-state index in [2.05, 4.69) is 44.3 Å². The molecule has 1 aromatic heterocycles. The average molecular weight is 266 g/mol. The summed E-state index contributed by atoms with van der Waals surface area (Å²) in [7, 11) is 0. The molecule has 3 nitrogen and oxygen atoms in total. The maximum absolute atomic E-state index is 5.82. The van der Waals surface area contributed by atoms with Gasteiger partial charge in [0.1, 0.15) is 4.60 Å². The Morgan fingerprint density at radius 3 is 2.93 bits per heavy atom. The first kappa shape index (κ1) is 9.36. The number of aromatic nitrogens is 2. The first-order chi connectivity index (χ1) is 7.25. The number of benzene rings is 1. The van der Waals surface area contributed by atoms with E-state index in [1.807, 2.05) is 0 Å². The van der Waals surface area contributed by atoms with Gasteiger partial charge in [-0.05, 0) is 46.5 Å². The Bertz CT molecular complexity index is 514. The second kappa shape index (κ2) is 3.06. The monoisotopic (exact) mass is 265 g/mol. The Labute approximate surface area is 96.2 Å². The summed E-state index contributed by atoms with van der Waals surface area (Å²) < 4.78 is 0.951. The molecule has 0 aliphatic heterocycles. The summed E-state index contributed by atoms with van der Waals surface area (Å²) in [6, 6.07) is 6.40. The van der Waals surface area contributed by atoms with Crippen molar-refractivity contribution in [1.82, 2.24) is 10.2 Å². The lowest BCUT2D eigenvalue weighted by Gasteiger charge is -2.12. The Morgan fingerprint density at radius 1 is 1.47 bits per heavy atom. The fourth-order valence-corrected chi connectivity index (χ4v) is 2.48. The van der Waals surface area contributed by atoms with E-state index < -0.39 is 0 Å². The van der Waals surface area contributed by atoms with Crippen molar-refractivity contribution >= 4 is 26.8 Å². The third-order valence-electron chi connectivity index (χ3n) is 3.36. The van der Waals surface area contributed by atoms with Crippen molar-refractivity contribution in [2.24, 2.45) is 5.73 Å². The highest BCUT2D eigenvalue weighted by Crippen LogP contribution is 2.47. The molecule has 1 aliphatic carbocycles. The molecule has 1 aromatic carbocycles. The average Bonchev–Trinajstić information content (AvgIpc) is 2.99. The predicted molar refractivity (Wildman–Crippen MR) is 63.8 cm³/mol. The van der Waals surface area contributed by atoms with Gasteiger partial charge < -0.3 is 5.73 Å². The lowest BCUT2D eigenvalue weighted by atomic mass is 9.95. The number of nitrogens with two attached hydrogens (primary N) is 1. The first-order valence-electron chi connectivity index (χ1n) is 5.09. The van der Waals surface area contributed by atoms with Crippen molar-refractivity contribution < 1.29 is 0 Å². The molecule has 78 valence electrons. The van der Waals surface area contributed by atoms with Crippen LogP contribution in [0.1, 0.15) is 18.4 Å². The molecule has 0 bridgehead atoms. The van der Waals surface area contributed by atoms with Gasteiger partial charge in [-0.15, -0.1) is 0 Å². The van der Waals surface area contributed by atoms with Gasteiger partial charge in [0.25, 0.3) is 0 Å². The number of rotatable bonds is 2. The van der Waals surface area contributed by atoms with Gasteiger partial charge in [0.2, 0.25) is 0 Å². The molecule has 3 rings (SSSR count). The molecule has 0 amide bonds. The maximum Gasteiger partial charge on any atom is 0.108 e. The Kier molecular flexibility index (Phi) is 1.91. The molecular weight excluding hydrogens is 254 g/mol. The van der Waals surface area contributed by atoms with Crippen molar-refractivity contribution in [1.29, 1.82) is 0 Å². The van der Waals surface area contributed by atoms with Crippen molar-refractivity contribution in [2.75, 3.05) is 6.54 Å². The minimum absolute atomic E-state index is 0.255. The van der Waals surface area contributed by atoms with E-state index >= 15 is 0 Å². The van der Waals surface area contributed by atoms with Crippen LogP contribution in [0.5, 0.6) is 0 Å². The lowest BCUT2D eigenvalue weighted by molar-refractivity contribution is 0.706. The van der Waals surface area contributed by atoms with E-state index in [-0.39, 0.29) is 5.41 Å². The normalized spacial score (nSPS) is 18.3. The van der Waals surface area contributed by atoms with Gasteiger partial charge in [-0.1, -0.05) is 6.07 Å². The Morgan fingerprint density at radius 2 is 2.27 bits per heavy atom. The van der Waals surface area contributed by atoms with Gasteiger partial charge in [-0.3, -0.25) is 5.10 Å². The van der Waals surface area contributed by atoms with Crippen LogP contribution < -0.4 is 5.73 Å². The van der Waals surface area contributed by atoms with E-state index in [1.54, 1.807) is 0 Å². The topological polar surface area (TPSA) is 54.7 Å². The molecule has 1 heterocycles. The number of hydrogen-bond acceptors (Lipinski definition) is 2. The third kappa shape index (κ3) is 1.32. The molecule has 0 saturated heterocycles. The van der Waals surface area contributed by atoms with Crippen LogP contribution in [-0.4, -0.2) is 16.7 Å². The summed E-state index contributed by atoms with van der Waals surface area (Å²) in [5, 5.41) is 8.26. The molecule has 15 heavy (non-hydrogen) atoms. The molecular formula is C11H12BrN3. The van der Waals surface area contributed by atoms with Crippen LogP contribution >= 0.6 is 15.9 Å². The summed E-state index contributed by atoms with van der Waals surface area (Å²) in [5.41, 5.74) is 8.42. The molecule has 0 radical (unpaired) electrons. The smallest absolute Gasteiger partial charge is 0.108 e. The zero-order valence-electron chi connectivity index (χ0n) is 8.26. The summed E-state index contributed by atoms with van der Waals surface area (Å²) in [6.45, 7) is 0.744. The van der Waals surface area contributed by atoms with Crippen molar-refractivity contribution in [3.05, 3.63) is 28.4 Å². The van der Waals surface area contributed by atoms with Crippen molar-refractivity contribution in [3.8, 4) is 0 Å². The standard InChI is InChI=1S/C11H12BrN3/c12-10-8-5-7(11(6-13)3-4-11)1-2-9(8)14-15-10/h1-2,5H,3-4,6,13H2,(H,14,15). The van der Waals surface area contributed by atoms with Crippen molar-refractivity contribution in [2.45, 2.75) is 18.3 Å². The Balaban J connectivity index is 2.17. The third-order valence-corrected chi connectivity index (χ3v) is 3.97. The summed E-state index contributed by atoms with van der Waals surface area (Å²) in [4.78, 5) is 0. The second-order valence-corrected chi connectivity index (χ2v) is 5.05. The minimum atomic E-state index is 0.255. The number of fused-ring (bicyclic) bond motifs is 1. The molecule has 1 saturated carbocycles. The zero-order chi connectivity index (χ0) is 10.5. The van der Waals surface area contributed by atoms with Crippen LogP contribution in [0.15, 0.2) is 22.8 Å². The summed E-state index contributed by atoms with van der Waals surface area (Å²) in [5.74, 6) is 0. The van der Waals surface area contributed by atoms with Crippen LogP contribution in [0.4, 0.5) is 0 Å². The van der Waals surface area contributed by atoms with Crippen LogP contribution in [0.3, 0.4) is 0 Å². The van der Waals surface area contributed by atoms with Crippen molar-refractivity contribution in [3.63, 3.8) is 0 Å². The maximum atomic E-state index is 5.82. The highest BCUT2D eigenvalue weighted by Gasteiger charge is 2.42. The molecule has 4 heteroatoms. The number of hydrogen-bond donors (Lipinski definition) is 2. The van der Waals surface area contributed by atoms with Gasteiger partial charge in [0.15, 0.2) is 0 Å². The largest absolute Gasteiger partial charge is 0.330 e. The van der Waals surface area contributed by atoms with Crippen LogP contribution in [0, 0.1) is 0 Å². The van der Waals surface area contributed by atoms with Crippen LogP contribution in [0.25, 0.3) is 10.9 Å². The summed E-state index contributed by atoms with van der Waals surface area (Å²) >= 11 is 3.46. The van der Waals surface area contributed by atoms with Gasteiger partial charge in [-0.2, -0.15) is 5.10 Å². The number of aromatic amines is 1. The molecule has 1 aliphatic rings. The van der Waals surface area contributed by atoms with Crippen LogP contribution in [-0.2, 0) is 5.41 Å². The second-order valence-electron chi connectivity index (χ2n) is 4.25.